The van der Waals surface area contributed by atoms with Crippen LogP contribution < -0.4 is 10.4 Å². The third-order valence-corrected chi connectivity index (χ3v) is 4.11. The van der Waals surface area contributed by atoms with Crippen LogP contribution in [0, 0.1) is 5.92 Å². The first kappa shape index (κ1) is 12.2. The summed E-state index contributed by atoms with van der Waals surface area (Å²) in [5.74, 6) is 0.366. The van der Waals surface area contributed by atoms with Crippen molar-refractivity contribution in [2.75, 3.05) is 0 Å². The van der Waals surface area contributed by atoms with Gasteiger partial charge in [-0.1, -0.05) is 91.1 Å². The molecule has 2 aromatic carbocycles. The minimum atomic E-state index is 0.366. The monoisotopic (exact) mass is 268 g/mol. The van der Waals surface area contributed by atoms with Crippen LogP contribution in [-0.4, -0.2) is 0 Å². The molecule has 0 heteroatoms. The molecule has 0 heterocycles. The van der Waals surface area contributed by atoms with Crippen LogP contribution in [0.2, 0.25) is 0 Å². The Labute approximate surface area is 124 Å². The summed E-state index contributed by atoms with van der Waals surface area (Å²) < 4.78 is 0. The highest BCUT2D eigenvalue weighted by atomic mass is 14.2. The second-order valence-corrected chi connectivity index (χ2v) is 5.46. The van der Waals surface area contributed by atoms with Crippen molar-refractivity contribution in [2.45, 2.75) is 0 Å². The Bertz CT molecular complexity index is 877. The van der Waals surface area contributed by atoms with Crippen molar-refractivity contribution in [3.05, 3.63) is 100 Å². The minimum Gasteiger partial charge on any atom is -0.0726 e. The SMILES string of the molecule is C1=CC2=c3ccccc3=CC(=Cc3ccccc3)C2C=C1. The van der Waals surface area contributed by atoms with Crippen LogP contribution >= 0.6 is 0 Å². The third kappa shape index (κ3) is 2.19. The standard InChI is InChI=1S/C21H16/c1-2-8-16(9-3-1)14-18-15-17-10-4-5-11-19(17)21-13-7-6-12-20(18)21/h1-15,20H. The van der Waals surface area contributed by atoms with E-state index in [2.05, 4.69) is 91.1 Å². The number of allylic oxidation sites excluding steroid dienone is 5. The zero-order valence-corrected chi connectivity index (χ0v) is 11.7. The molecule has 0 fully saturated rings. The van der Waals surface area contributed by atoms with Gasteiger partial charge in [0, 0.05) is 5.92 Å². The van der Waals surface area contributed by atoms with Gasteiger partial charge in [0.05, 0.1) is 0 Å². The summed E-state index contributed by atoms with van der Waals surface area (Å²) in [6.07, 6.45) is 13.4. The molecule has 2 aliphatic rings. The first-order valence-electron chi connectivity index (χ1n) is 7.34. The molecule has 4 rings (SSSR count). The molecule has 0 nitrogen and oxygen atoms in total. The molecule has 0 bridgehead atoms. The fourth-order valence-electron chi connectivity index (χ4n) is 3.12. The predicted octanol–water partition coefficient (Wildman–Crippen LogP) is 3.46. The van der Waals surface area contributed by atoms with E-state index in [0.29, 0.717) is 5.92 Å². The lowest BCUT2D eigenvalue weighted by atomic mass is 9.81. The zero-order valence-electron chi connectivity index (χ0n) is 11.7. The first-order valence-corrected chi connectivity index (χ1v) is 7.34. The summed E-state index contributed by atoms with van der Waals surface area (Å²) in [5, 5.41) is 2.67. The van der Waals surface area contributed by atoms with Gasteiger partial charge in [0.15, 0.2) is 0 Å². The zero-order chi connectivity index (χ0) is 14.1. The van der Waals surface area contributed by atoms with Crippen LogP contribution in [0.4, 0.5) is 0 Å². The summed E-state index contributed by atoms with van der Waals surface area (Å²) in [6.45, 7) is 0. The highest BCUT2D eigenvalue weighted by molar-refractivity contribution is 5.79. The highest BCUT2D eigenvalue weighted by Gasteiger charge is 2.19. The van der Waals surface area contributed by atoms with E-state index in [0.717, 1.165) is 0 Å². The smallest absolute Gasteiger partial charge is 0.0279 e. The first-order chi connectivity index (χ1) is 10.4. The molecule has 21 heavy (non-hydrogen) atoms. The predicted molar refractivity (Wildman–Crippen MR) is 89.8 cm³/mol. The molecule has 2 aliphatic carbocycles. The Morgan fingerprint density at radius 3 is 2.52 bits per heavy atom. The topological polar surface area (TPSA) is 0 Å². The molecule has 0 radical (unpaired) electrons. The van der Waals surface area contributed by atoms with Crippen molar-refractivity contribution in [3.63, 3.8) is 0 Å². The normalized spacial score (nSPS) is 20.9. The fraction of sp³-hybridized carbons (Fsp3) is 0.0476. The van der Waals surface area contributed by atoms with Gasteiger partial charge in [-0.3, -0.25) is 0 Å². The van der Waals surface area contributed by atoms with Crippen molar-refractivity contribution >= 4 is 17.7 Å². The van der Waals surface area contributed by atoms with Crippen molar-refractivity contribution < 1.29 is 0 Å². The lowest BCUT2D eigenvalue weighted by Crippen LogP contribution is -2.33. The minimum absolute atomic E-state index is 0.366. The Morgan fingerprint density at radius 1 is 0.810 bits per heavy atom. The second kappa shape index (κ2) is 5.06. The maximum Gasteiger partial charge on any atom is 0.0279 e. The summed E-state index contributed by atoms with van der Waals surface area (Å²) >= 11 is 0. The van der Waals surface area contributed by atoms with E-state index in [-0.39, 0.29) is 0 Å². The largest absolute Gasteiger partial charge is 0.0726 e. The summed E-state index contributed by atoms with van der Waals surface area (Å²) in [4.78, 5) is 0. The van der Waals surface area contributed by atoms with E-state index < -0.39 is 0 Å². The molecule has 0 amide bonds. The Morgan fingerprint density at radius 2 is 1.62 bits per heavy atom. The van der Waals surface area contributed by atoms with Crippen LogP contribution in [0.15, 0.2) is 84.5 Å². The maximum atomic E-state index is 2.32. The molecular formula is C21H16. The molecule has 2 aromatic rings. The molecule has 0 spiro atoms. The van der Waals surface area contributed by atoms with Gasteiger partial charge in [-0.2, -0.15) is 0 Å². The van der Waals surface area contributed by atoms with Crippen molar-refractivity contribution in [1.82, 2.24) is 0 Å². The maximum absolute atomic E-state index is 2.32. The van der Waals surface area contributed by atoms with Crippen LogP contribution in [0.3, 0.4) is 0 Å². The van der Waals surface area contributed by atoms with E-state index in [1.54, 1.807) is 0 Å². The van der Waals surface area contributed by atoms with Crippen molar-refractivity contribution in [1.29, 1.82) is 0 Å². The number of benzene rings is 2. The molecule has 0 saturated heterocycles. The molecule has 0 saturated carbocycles. The molecule has 1 atom stereocenters. The second-order valence-electron chi connectivity index (χ2n) is 5.46. The van der Waals surface area contributed by atoms with E-state index in [9.17, 15) is 0 Å². The molecule has 1 unspecified atom stereocenters. The van der Waals surface area contributed by atoms with Gasteiger partial charge >= 0.3 is 0 Å². The highest BCUT2D eigenvalue weighted by Crippen LogP contribution is 2.30. The van der Waals surface area contributed by atoms with Crippen molar-refractivity contribution in [3.8, 4) is 0 Å². The Balaban J connectivity index is 1.96. The fourth-order valence-corrected chi connectivity index (χ4v) is 3.12. The third-order valence-electron chi connectivity index (χ3n) is 4.11. The van der Waals surface area contributed by atoms with E-state index in [4.69, 9.17) is 0 Å². The molecule has 0 N–H and O–H groups in total. The van der Waals surface area contributed by atoms with Crippen LogP contribution in [0.25, 0.3) is 17.7 Å². The summed E-state index contributed by atoms with van der Waals surface area (Å²) in [6, 6.07) is 19.2. The van der Waals surface area contributed by atoms with Crippen LogP contribution in [-0.2, 0) is 0 Å². The molecule has 100 valence electrons. The van der Waals surface area contributed by atoms with Gasteiger partial charge in [0.25, 0.3) is 0 Å². The van der Waals surface area contributed by atoms with Gasteiger partial charge < -0.3 is 0 Å². The van der Waals surface area contributed by atoms with E-state index in [1.165, 1.54) is 27.1 Å². The van der Waals surface area contributed by atoms with Crippen molar-refractivity contribution in [2.24, 2.45) is 5.92 Å². The lowest BCUT2D eigenvalue weighted by molar-refractivity contribution is 1.03. The average Bonchev–Trinajstić information content (AvgIpc) is 2.56. The Hall–Kier alpha value is -2.60. The van der Waals surface area contributed by atoms with E-state index in [1.807, 2.05) is 0 Å². The van der Waals surface area contributed by atoms with Crippen LogP contribution in [0.5, 0.6) is 0 Å². The van der Waals surface area contributed by atoms with Crippen LogP contribution in [0.1, 0.15) is 5.56 Å². The van der Waals surface area contributed by atoms with E-state index >= 15 is 0 Å². The van der Waals surface area contributed by atoms with Gasteiger partial charge in [0.2, 0.25) is 0 Å². The molecule has 0 aromatic heterocycles. The van der Waals surface area contributed by atoms with Gasteiger partial charge in [0.1, 0.15) is 0 Å². The van der Waals surface area contributed by atoms with Gasteiger partial charge in [-0.25, -0.2) is 0 Å². The molecular weight excluding hydrogens is 252 g/mol. The number of hydrogen-bond donors (Lipinski definition) is 0. The number of fused-ring (bicyclic) bond motifs is 2. The average molecular weight is 268 g/mol. The summed E-state index contributed by atoms with van der Waals surface area (Å²) in [7, 11) is 0. The lowest BCUT2D eigenvalue weighted by Gasteiger charge is -2.22. The van der Waals surface area contributed by atoms with Gasteiger partial charge in [-0.05, 0) is 27.1 Å². The molecule has 0 aliphatic heterocycles. The quantitative estimate of drug-likeness (QED) is 0.743. The Kier molecular flexibility index (Phi) is 2.93. The summed E-state index contributed by atoms with van der Waals surface area (Å²) in [5.41, 5.74) is 4.01. The number of hydrogen-bond acceptors (Lipinski definition) is 0. The van der Waals surface area contributed by atoms with Gasteiger partial charge in [-0.15, -0.1) is 0 Å². The number of rotatable bonds is 1.